The summed E-state index contributed by atoms with van der Waals surface area (Å²) in [6, 6.07) is 9.85. The zero-order valence-corrected chi connectivity index (χ0v) is 16.4. The molecule has 0 saturated carbocycles. The number of hydrogen-bond donors (Lipinski definition) is 1. The molecule has 30 heavy (non-hydrogen) atoms. The summed E-state index contributed by atoms with van der Waals surface area (Å²) in [7, 11) is -4.81. The molecule has 0 spiro atoms. The summed E-state index contributed by atoms with van der Waals surface area (Å²) in [5.41, 5.74) is 0.153. The highest BCUT2D eigenvalue weighted by Crippen LogP contribution is 2.38. The fraction of sp³-hybridized carbons (Fsp3) is 0.0526. The lowest BCUT2D eigenvalue weighted by molar-refractivity contribution is -0.137. The van der Waals surface area contributed by atoms with Crippen LogP contribution in [0, 0.1) is 0 Å². The Morgan fingerprint density at radius 1 is 1.03 bits per heavy atom. The average molecular weight is 452 g/mol. The molecule has 4 rings (SSSR count). The van der Waals surface area contributed by atoms with Gasteiger partial charge in [0, 0.05) is 17.1 Å². The zero-order valence-electron chi connectivity index (χ0n) is 14.8. The number of halogens is 3. The zero-order chi connectivity index (χ0) is 21.7. The number of imide groups is 1. The van der Waals surface area contributed by atoms with Crippen molar-refractivity contribution in [2.45, 2.75) is 11.1 Å². The summed E-state index contributed by atoms with van der Waals surface area (Å²) >= 11 is 0.406. The highest BCUT2D eigenvalue weighted by atomic mass is 32.2. The molecule has 1 fully saturated rings. The molecule has 1 N–H and O–H groups in total. The molecular weight excluding hydrogens is 441 g/mol. The number of benzene rings is 2. The fourth-order valence-corrected chi connectivity index (χ4v) is 5.41. The summed E-state index contributed by atoms with van der Waals surface area (Å²) in [4.78, 5) is 27.1. The number of H-pyrrole nitrogens is 1. The number of carbonyl (C=O) groups is 2. The number of amides is 2. The lowest BCUT2D eigenvalue weighted by Crippen LogP contribution is -2.35. The van der Waals surface area contributed by atoms with E-state index < -0.39 is 37.8 Å². The Bertz CT molecular complexity index is 1330. The lowest BCUT2D eigenvalue weighted by atomic mass is 10.1. The monoisotopic (exact) mass is 452 g/mol. The topological polar surface area (TPSA) is 87.3 Å². The molecule has 0 atom stereocenters. The predicted octanol–water partition coefficient (Wildman–Crippen LogP) is 4.61. The van der Waals surface area contributed by atoms with Crippen molar-refractivity contribution < 1.29 is 31.2 Å². The van der Waals surface area contributed by atoms with Gasteiger partial charge in [0.15, 0.2) is 0 Å². The van der Waals surface area contributed by atoms with Crippen LogP contribution in [0.1, 0.15) is 11.1 Å². The van der Waals surface area contributed by atoms with Crippen molar-refractivity contribution in [1.29, 1.82) is 0 Å². The summed E-state index contributed by atoms with van der Waals surface area (Å²) in [5.74, 6) is -1.12. The van der Waals surface area contributed by atoms with E-state index in [2.05, 4.69) is 4.98 Å². The Balaban J connectivity index is 1.73. The quantitative estimate of drug-likeness (QED) is 0.587. The number of rotatable bonds is 3. The summed E-state index contributed by atoms with van der Waals surface area (Å²) in [6.07, 6.45) is -1.71. The van der Waals surface area contributed by atoms with Crippen LogP contribution in [0.5, 0.6) is 0 Å². The minimum absolute atomic E-state index is 0.00373. The Labute approximate surface area is 172 Å². The van der Waals surface area contributed by atoms with Gasteiger partial charge in [0.1, 0.15) is 0 Å². The molecule has 1 aromatic heterocycles. The highest BCUT2D eigenvalue weighted by Gasteiger charge is 2.44. The van der Waals surface area contributed by atoms with Gasteiger partial charge in [-0.25, -0.2) is 8.42 Å². The van der Waals surface area contributed by atoms with Gasteiger partial charge in [0.25, 0.3) is 15.9 Å². The van der Waals surface area contributed by atoms with Crippen molar-refractivity contribution in [3.8, 4) is 0 Å². The predicted molar refractivity (Wildman–Crippen MR) is 105 cm³/mol. The van der Waals surface area contributed by atoms with Gasteiger partial charge >= 0.3 is 11.4 Å². The van der Waals surface area contributed by atoms with Gasteiger partial charge in [-0.3, -0.25) is 9.59 Å². The van der Waals surface area contributed by atoms with E-state index in [1.807, 2.05) is 0 Å². The van der Waals surface area contributed by atoms with Crippen molar-refractivity contribution >= 4 is 49.9 Å². The molecular formula is C19H11F3N2O4S2. The van der Waals surface area contributed by atoms with Crippen LogP contribution in [-0.4, -0.2) is 28.9 Å². The third-order valence-corrected chi connectivity index (χ3v) is 7.02. The van der Waals surface area contributed by atoms with Gasteiger partial charge in [-0.1, -0.05) is 18.2 Å². The second-order valence-corrected chi connectivity index (χ2v) is 9.04. The second kappa shape index (κ2) is 7.03. The molecule has 0 unspecified atom stereocenters. The van der Waals surface area contributed by atoms with E-state index >= 15 is 0 Å². The first-order valence-corrected chi connectivity index (χ1v) is 10.6. The third kappa shape index (κ3) is 3.39. The van der Waals surface area contributed by atoms with Crippen LogP contribution >= 0.6 is 11.8 Å². The Kier molecular flexibility index (Phi) is 4.74. The molecule has 2 amide bonds. The fourth-order valence-electron chi connectivity index (χ4n) is 2.98. The summed E-state index contributed by atoms with van der Waals surface area (Å²) in [5, 5.41) is -0.352. The molecule has 154 valence electrons. The van der Waals surface area contributed by atoms with E-state index in [4.69, 9.17) is 0 Å². The van der Waals surface area contributed by atoms with E-state index in [0.717, 1.165) is 23.0 Å². The SMILES string of the molecule is O=C1SC(=Cc2cccc3[nH]ccc23)C(=O)N1S(=O)(=O)c1cccc(C(F)(F)F)c1. The molecule has 2 aromatic carbocycles. The van der Waals surface area contributed by atoms with E-state index in [1.165, 1.54) is 6.08 Å². The van der Waals surface area contributed by atoms with E-state index in [-0.39, 0.29) is 9.21 Å². The molecule has 1 aliphatic rings. The Hall–Kier alpha value is -3.05. The van der Waals surface area contributed by atoms with E-state index in [0.29, 0.717) is 29.5 Å². The van der Waals surface area contributed by atoms with Crippen molar-refractivity contribution in [3.63, 3.8) is 0 Å². The van der Waals surface area contributed by atoms with Gasteiger partial charge in [0.05, 0.1) is 15.4 Å². The third-order valence-electron chi connectivity index (χ3n) is 4.37. The molecule has 1 aliphatic heterocycles. The maximum Gasteiger partial charge on any atom is 0.416 e. The molecule has 11 heteroatoms. The summed E-state index contributed by atoms with van der Waals surface area (Å²) < 4.78 is 64.3. The van der Waals surface area contributed by atoms with Crippen LogP contribution in [0.25, 0.3) is 17.0 Å². The minimum Gasteiger partial charge on any atom is -0.361 e. The van der Waals surface area contributed by atoms with Crippen LogP contribution in [0.3, 0.4) is 0 Å². The maximum atomic E-state index is 12.9. The van der Waals surface area contributed by atoms with Gasteiger partial charge in [-0.2, -0.15) is 17.5 Å². The maximum absolute atomic E-state index is 12.9. The van der Waals surface area contributed by atoms with Gasteiger partial charge in [-0.05, 0) is 53.7 Å². The largest absolute Gasteiger partial charge is 0.416 e. The number of fused-ring (bicyclic) bond motifs is 1. The molecule has 2 heterocycles. The minimum atomic E-state index is -4.81. The van der Waals surface area contributed by atoms with Gasteiger partial charge < -0.3 is 4.98 Å². The first-order valence-electron chi connectivity index (χ1n) is 8.35. The van der Waals surface area contributed by atoms with Gasteiger partial charge in [-0.15, -0.1) is 0 Å². The van der Waals surface area contributed by atoms with Crippen LogP contribution in [-0.2, 0) is 21.0 Å². The number of nitrogens with one attached hydrogen (secondary N) is 1. The number of carbonyl (C=O) groups excluding carboxylic acids is 2. The van der Waals surface area contributed by atoms with Gasteiger partial charge in [0.2, 0.25) is 0 Å². The Morgan fingerprint density at radius 3 is 2.50 bits per heavy atom. The number of thioether (sulfide) groups is 1. The normalized spacial score (nSPS) is 16.8. The van der Waals surface area contributed by atoms with Crippen molar-refractivity contribution in [3.05, 3.63) is 70.8 Å². The van der Waals surface area contributed by atoms with Crippen molar-refractivity contribution in [1.82, 2.24) is 9.29 Å². The van der Waals surface area contributed by atoms with Crippen molar-refractivity contribution in [2.24, 2.45) is 0 Å². The molecule has 6 nitrogen and oxygen atoms in total. The molecule has 0 bridgehead atoms. The number of aromatic nitrogens is 1. The molecule has 1 saturated heterocycles. The van der Waals surface area contributed by atoms with Crippen LogP contribution in [0.2, 0.25) is 0 Å². The lowest BCUT2D eigenvalue weighted by Gasteiger charge is -2.14. The molecule has 0 radical (unpaired) electrons. The number of nitrogens with zero attached hydrogens (tertiary/aromatic N) is 1. The molecule has 3 aromatic rings. The van der Waals surface area contributed by atoms with Crippen LogP contribution in [0.4, 0.5) is 18.0 Å². The van der Waals surface area contributed by atoms with Crippen LogP contribution in [0.15, 0.2) is 64.5 Å². The number of aromatic amines is 1. The summed E-state index contributed by atoms with van der Waals surface area (Å²) in [6.45, 7) is 0. The van der Waals surface area contributed by atoms with Crippen molar-refractivity contribution in [2.75, 3.05) is 0 Å². The highest BCUT2D eigenvalue weighted by molar-refractivity contribution is 8.19. The number of alkyl halides is 3. The second-order valence-electron chi connectivity index (χ2n) is 6.26. The first-order chi connectivity index (χ1) is 14.1. The first kappa shape index (κ1) is 20.2. The number of hydrogen-bond acceptors (Lipinski definition) is 5. The smallest absolute Gasteiger partial charge is 0.361 e. The molecule has 0 aliphatic carbocycles. The number of sulfonamides is 1. The van der Waals surface area contributed by atoms with Crippen LogP contribution < -0.4 is 0 Å². The Morgan fingerprint density at radius 2 is 1.77 bits per heavy atom. The average Bonchev–Trinajstić information content (AvgIpc) is 3.26. The standard InChI is InChI=1S/C19H11F3N2O4S2/c20-19(21,22)12-4-2-5-13(10-12)30(27,28)24-17(25)16(29-18(24)26)9-11-3-1-6-15-14(11)7-8-23-15/h1-10,23H. The van der Waals surface area contributed by atoms with E-state index in [1.54, 1.807) is 30.5 Å². The van der Waals surface area contributed by atoms with E-state index in [9.17, 15) is 31.2 Å².